The lowest BCUT2D eigenvalue weighted by atomic mass is 10.1. The maximum atomic E-state index is 5.57. The molecule has 0 spiro atoms. The van der Waals surface area contributed by atoms with Crippen molar-refractivity contribution in [2.24, 2.45) is 0 Å². The minimum Gasteiger partial charge on any atom is -0.486 e. The lowest BCUT2D eigenvalue weighted by Gasteiger charge is -2.19. The first-order valence-electron chi connectivity index (χ1n) is 7.53. The molecule has 0 atom stereocenters. The van der Waals surface area contributed by atoms with Crippen LogP contribution in [0.5, 0.6) is 11.5 Å². The summed E-state index contributed by atoms with van der Waals surface area (Å²) in [7, 11) is 0. The van der Waals surface area contributed by atoms with Crippen molar-refractivity contribution in [1.29, 1.82) is 0 Å². The van der Waals surface area contributed by atoms with Crippen LogP contribution < -0.4 is 14.8 Å². The van der Waals surface area contributed by atoms with Crippen LogP contribution >= 0.6 is 0 Å². The molecule has 0 fully saturated rings. The molecule has 0 unspecified atom stereocenters. The van der Waals surface area contributed by atoms with Crippen LogP contribution in [0.3, 0.4) is 0 Å². The molecule has 0 radical (unpaired) electrons. The van der Waals surface area contributed by atoms with Crippen LogP contribution in [0, 0.1) is 0 Å². The van der Waals surface area contributed by atoms with Gasteiger partial charge in [-0.05, 0) is 18.6 Å². The van der Waals surface area contributed by atoms with Gasteiger partial charge in [-0.3, -0.25) is 0 Å². The molecule has 2 rings (SSSR count). The summed E-state index contributed by atoms with van der Waals surface area (Å²) in [5.41, 5.74) is 1.12. The molecular formula is C16H25NO2. The normalized spacial score (nSPS) is 13.3. The fourth-order valence-electron chi connectivity index (χ4n) is 2.29. The summed E-state index contributed by atoms with van der Waals surface area (Å²) in [5, 5.41) is 3.45. The molecule has 1 heterocycles. The molecule has 0 bridgehead atoms. The minimum absolute atomic E-state index is 0.647. The fourth-order valence-corrected chi connectivity index (χ4v) is 2.29. The molecule has 1 aromatic rings. The highest BCUT2D eigenvalue weighted by molar-refractivity contribution is 5.55. The summed E-state index contributed by atoms with van der Waals surface area (Å²) in [4.78, 5) is 0. The smallest absolute Gasteiger partial charge is 0.163 e. The van der Waals surface area contributed by atoms with Crippen LogP contribution in [-0.4, -0.2) is 19.8 Å². The van der Waals surface area contributed by atoms with Crippen molar-refractivity contribution in [3.8, 4) is 11.5 Å². The molecule has 1 aromatic carbocycles. The molecule has 0 aromatic heterocycles. The second-order valence-corrected chi connectivity index (χ2v) is 5.05. The van der Waals surface area contributed by atoms with E-state index in [4.69, 9.17) is 9.47 Å². The number of anilines is 1. The van der Waals surface area contributed by atoms with Crippen LogP contribution in [0.4, 0.5) is 5.69 Å². The summed E-state index contributed by atoms with van der Waals surface area (Å²) in [6.07, 6.45) is 7.97. The van der Waals surface area contributed by atoms with Crippen molar-refractivity contribution < 1.29 is 9.47 Å². The van der Waals surface area contributed by atoms with Gasteiger partial charge in [-0.1, -0.05) is 39.0 Å². The van der Waals surface area contributed by atoms with E-state index >= 15 is 0 Å². The molecule has 0 aliphatic carbocycles. The topological polar surface area (TPSA) is 30.5 Å². The molecule has 1 aliphatic rings. The number of unbranched alkanes of at least 4 members (excludes halogenated alkanes) is 5. The SMILES string of the molecule is CCCCCCCCNc1ccc2c(c1)OCCO2. The van der Waals surface area contributed by atoms with Crippen LogP contribution in [0.1, 0.15) is 45.4 Å². The Bertz CT molecular complexity index is 379. The van der Waals surface area contributed by atoms with E-state index in [1.165, 1.54) is 38.5 Å². The van der Waals surface area contributed by atoms with Gasteiger partial charge in [-0.15, -0.1) is 0 Å². The number of hydrogen-bond acceptors (Lipinski definition) is 3. The molecule has 0 amide bonds. The Morgan fingerprint density at radius 3 is 2.53 bits per heavy atom. The lowest BCUT2D eigenvalue weighted by molar-refractivity contribution is 0.171. The lowest BCUT2D eigenvalue weighted by Crippen LogP contribution is -2.15. The summed E-state index contributed by atoms with van der Waals surface area (Å²) >= 11 is 0. The van der Waals surface area contributed by atoms with Gasteiger partial charge >= 0.3 is 0 Å². The van der Waals surface area contributed by atoms with E-state index in [1.807, 2.05) is 12.1 Å². The van der Waals surface area contributed by atoms with E-state index < -0.39 is 0 Å². The van der Waals surface area contributed by atoms with Crippen molar-refractivity contribution in [3.63, 3.8) is 0 Å². The number of ether oxygens (including phenoxy) is 2. The Kier molecular flexibility index (Phi) is 5.86. The second-order valence-electron chi connectivity index (χ2n) is 5.05. The first-order valence-corrected chi connectivity index (χ1v) is 7.53. The van der Waals surface area contributed by atoms with Crippen molar-refractivity contribution in [3.05, 3.63) is 18.2 Å². The van der Waals surface area contributed by atoms with Crippen LogP contribution in [0.15, 0.2) is 18.2 Å². The second kappa shape index (κ2) is 7.93. The molecule has 106 valence electrons. The van der Waals surface area contributed by atoms with E-state index in [9.17, 15) is 0 Å². The molecule has 0 saturated heterocycles. The summed E-state index contributed by atoms with van der Waals surface area (Å²) in [6.45, 7) is 4.58. The van der Waals surface area contributed by atoms with Gasteiger partial charge in [0.25, 0.3) is 0 Å². The Hall–Kier alpha value is -1.38. The van der Waals surface area contributed by atoms with Gasteiger partial charge in [0, 0.05) is 18.3 Å². The Balaban J connectivity index is 1.66. The number of hydrogen-bond donors (Lipinski definition) is 1. The zero-order valence-electron chi connectivity index (χ0n) is 11.9. The maximum absolute atomic E-state index is 5.57. The maximum Gasteiger partial charge on any atom is 0.163 e. The van der Waals surface area contributed by atoms with Crippen LogP contribution in [0.2, 0.25) is 0 Å². The van der Waals surface area contributed by atoms with Crippen molar-refractivity contribution in [1.82, 2.24) is 0 Å². The van der Waals surface area contributed by atoms with E-state index in [2.05, 4.69) is 18.3 Å². The van der Waals surface area contributed by atoms with Crippen molar-refractivity contribution in [2.45, 2.75) is 45.4 Å². The van der Waals surface area contributed by atoms with Crippen molar-refractivity contribution in [2.75, 3.05) is 25.1 Å². The van der Waals surface area contributed by atoms with Gasteiger partial charge in [0.05, 0.1) is 0 Å². The number of fused-ring (bicyclic) bond motifs is 1. The monoisotopic (exact) mass is 263 g/mol. The summed E-state index contributed by atoms with van der Waals surface area (Å²) in [6, 6.07) is 6.08. The third-order valence-corrected chi connectivity index (χ3v) is 3.40. The Morgan fingerprint density at radius 1 is 0.947 bits per heavy atom. The molecule has 3 nitrogen and oxygen atoms in total. The zero-order chi connectivity index (χ0) is 13.3. The van der Waals surface area contributed by atoms with E-state index in [0.717, 1.165) is 23.7 Å². The van der Waals surface area contributed by atoms with Gasteiger partial charge in [-0.2, -0.15) is 0 Å². The molecule has 3 heteroatoms. The van der Waals surface area contributed by atoms with Crippen LogP contribution in [0.25, 0.3) is 0 Å². The first-order chi connectivity index (χ1) is 9.40. The highest BCUT2D eigenvalue weighted by atomic mass is 16.6. The largest absolute Gasteiger partial charge is 0.486 e. The zero-order valence-corrected chi connectivity index (χ0v) is 11.9. The van der Waals surface area contributed by atoms with Gasteiger partial charge in [-0.25, -0.2) is 0 Å². The predicted molar refractivity (Wildman–Crippen MR) is 79.3 cm³/mol. The van der Waals surface area contributed by atoms with E-state index in [-0.39, 0.29) is 0 Å². The van der Waals surface area contributed by atoms with Crippen LogP contribution in [-0.2, 0) is 0 Å². The molecular weight excluding hydrogens is 238 g/mol. The molecule has 1 N–H and O–H groups in total. The third kappa shape index (κ3) is 4.66. The first kappa shape index (κ1) is 14.0. The number of rotatable bonds is 8. The van der Waals surface area contributed by atoms with Gasteiger partial charge < -0.3 is 14.8 Å². The third-order valence-electron chi connectivity index (χ3n) is 3.40. The van der Waals surface area contributed by atoms with E-state index in [1.54, 1.807) is 0 Å². The Labute approximate surface area is 116 Å². The molecule has 0 saturated carbocycles. The average Bonchev–Trinajstić information content (AvgIpc) is 2.46. The summed E-state index contributed by atoms with van der Waals surface area (Å²) in [5.74, 6) is 1.72. The molecule has 1 aliphatic heterocycles. The van der Waals surface area contributed by atoms with Gasteiger partial charge in [0.1, 0.15) is 13.2 Å². The predicted octanol–water partition coefficient (Wildman–Crippen LogP) is 4.23. The minimum atomic E-state index is 0.647. The number of nitrogens with one attached hydrogen (secondary N) is 1. The highest BCUT2D eigenvalue weighted by Gasteiger charge is 2.11. The fraction of sp³-hybridized carbons (Fsp3) is 0.625. The Morgan fingerprint density at radius 2 is 1.68 bits per heavy atom. The highest BCUT2D eigenvalue weighted by Crippen LogP contribution is 2.32. The van der Waals surface area contributed by atoms with Gasteiger partial charge in [0.2, 0.25) is 0 Å². The quantitative estimate of drug-likeness (QED) is 0.712. The average molecular weight is 263 g/mol. The molecule has 19 heavy (non-hydrogen) atoms. The van der Waals surface area contributed by atoms with E-state index in [0.29, 0.717) is 13.2 Å². The number of benzene rings is 1. The summed E-state index contributed by atoms with van der Waals surface area (Å²) < 4.78 is 11.1. The standard InChI is InChI=1S/C16H25NO2/c1-2-3-4-5-6-7-10-17-14-8-9-15-16(13-14)19-12-11-18-15/h8-9,13,17H,2-7,10-12H2,1H3. The van der Waals surface area contributed by atoms with Gasteiger partial charge in [0.15, 0.2) is 11.5 Å². The van der Waals surface area contributed by atoms with Crippen molar-refractivity contribution >= 4 is 5.69 Å².